The van der Waals surface area contributed by atoms with E-state index in [2.05, 4.69) is 11.1 Å². The average molecular weight is 363 g/mol. The predicted octanol–water partition coefficient (Wildman–Crippen LogP) is 3.85. The molecule has 27 heavy (non-hydrogen) atoms. The van der Waals surface area contributed by atoms with Crippen molar-refractivity contribution in [3.63, 3.8) is 0 Å². The van der Waals surface area contributed by atoms with E-state index >= 15 is 0 Å². The number of hydrogen-bond donors (Lipinski definition) is 1. The summed E-state index contributed by atoms with van der Waals surface area (Å²) < 4.78 is 10.6. The Balaban J connectivity index is 1.24. The van der Waals surface area contributed by atoms with E-state index in [-0.39, 0.29) is 18.4 Å². The average Bonchev–Trinajstić information content (AvgIpc) is 3.32. The van der Waals surface area contributed by atoms with Crippen molar-refractivity contribution in [2.75, 3.05) is 13.2 Å². The molecular formula is C22H21NO4. The highest BCUT2D eigenvalue weighted by Crippen LogP contribution is 2.26. The smallest absolute Gasteiger partial charge is 0.306 e. The maximum atomic E-state index is 12.2. The van der Waals surface area contributed by atoms with E-state index in [0.29, 0.717) is 25.0 Å². The van der Waals surface area contributed by atoms with Crippen molar-refractivity contribution >= 4 is 22.7 Å². The Kier molecular flexibility index (Phi) is 4.92. The van der Waals surface area contributed by atoms with E-state index in [1.54, 1.807) is 12.1 Å². The lowest BCUT2D eigenvalue weighted by atomic mass is 10.1. The quantitative estimate of drug-likeness (QED) is 0.511. The molecule has 0 unspecified atom stereocenters. The number of hydrogen-bond acceptors (Lipinski definition) is 4. The van der Waals surface area contributed by atoms with Crippen molar-refractivity contribution in [1.29, 1.82) is 0 Å². The molecule has 2 heterocycles. The van der Waals surface area contributed by atoms with E-state index in [9.17, 15) is 9.59 Å². The van der Waals surface area contributed by atoms with Crippen LogP contribution < -0.4 is 4.74 Å². The van der Waals surface area contributed by atoms with E-state index in [1.165, 1.54) is 10.9 Å². The Bertz CT molecular complexity index is 989. The third-order valence-electron chi connectivity index (χ3n) is 4.88. The topological polar surface area (TPSA) is 68.4 Å². The molecule has 1 aliphatic rings. The van der Waals surface area contributed by atoms with Gasteiger partial charge in [0.1, 0.15) is 5.75 Å². The summed E-state index contributed by atoms with van der Waals surface area (Å²) in [5.41, 5.74) is 3.88. The summed E-state index contributed by atoms with van der Waals surface area (Å²) in [5, 5.41) is 1.18. The molecule has 0 amide bonds. The van der Waals surface area contributed by atoms with Gasteiger partial charge in [0.05, 0.1) is 6.61 Å². The zero-order chi connectivity index (χ0) is 18.6. The minimum atomic E-state index is -0.340. The minimum absolute atomic E-state index is 0.185. The van der Waals surface area contributed by atoms with Gasteiger partial charge in [-0.25, -0.2) is 0 Å². The van der Waals surface area contributed by atoms with Gasteiger partial charge in [0.15, 0.2) is 12.4 Å². The van der Waals surface area contributed by atoms with Crippen LogP contribution in [0.3, 0.4) is 0 Å². The molecule has 0 saturated carbocycles. The molecule has 0 radical (unpaired) electrons. The number of fused-ring (bicyclic) bond motifs is 2. The lowest BCUT2D eigenvalue weighted by molar-refractivity contribution is -0.142. The number of benzene rings is 2. The number of nitrogens with one attached hydrogen (secondary N) is 1. The van der Waals surface area contributed by atoms with Crippen LogP contribution in [0.1, 0.15) is 34.3 Å². The first kappa shape index (κ1) is 17.3. The zero-order valence-electron chi connectivity index (χ0n) is 15.0. The van der Waals surface area contributed by atoms with Crippen LogP contribution in [0.5, 0.6) is 5.75 Å². The van der Waals surface area contributed by atoms with Gasteiger partial charge in [0, 0.05) is 35.5 Å². The zero-order valence-corrected chi connectivity index (χ0v) is 15.0. The molecule has 1 N–H and O–H groups in total. The minimum Gasteiger partial charge on any atom is -0.493 e. The largest absolute Gasteiger partial charge is 0.493 e. The number of H-pyrrole nitrogens is 1. The summed E-state index contributed by atoms with van der Waals surface area (Å²) in [6.07, 6.45) is 4.56. The van der Waals surface area contributed by atoms with Gasteiger partial charge in [-0.15, -0.1) is 0 Å². The summed E-state index contributed by atoms with van der Waals surface area (Å²) >= 11 is 0. The van der Waals surface area contributed by atoms with Crippen molar-refractivity contribution in [2.24, 2.45) is 0 Å². The number of carbonyl (C=O) groups is 2. The van der Waals surface area contributed by atoms with Crippen LogP contribution in [0.4, 0.5) is 0 Å². The fraction of sp³-hybridized carbons (Fsp3) is 0.273. The number of rotatable bonds is 7. The Labute approximate surface area is 157 Å². The lowest BCUT2D eigenvalue weighted by Gasteiger charge is -2.06. The van der Waals surface area contributed by atoms with E-state index in [0.717, 1.165) is 29.7 Å². The number of Topliss-reactive ketones (excluding diaryl/α,β-unsaturated/α-hetero) is 1. The Morgan fingerprint density at radius 2 is 2.04 bits per heavy atom. The summed E-state index contributed by atoms with van der Waals surface area (Å²) in [6.45, 7) is 0.434. The second kappa shape index (κ2) is 7.66. The molecular weight excluding hydrogens is 342 g/mol. The molecule has 0 spiro atoms. The first-order valence-electron chi connectivity index (χ1n) is 9.20. The fourth-order valence-corrected chi connectivity index (χ4v) is 3.42. The highest BCUT2D eigenvalue weighted by atomic mass is 16.5. The van der Waals surface area contributed by atoms with Gasteiger partial charge < -0.3 is 14.5 Å². The molecule has 4 rings (SSSR count). The molecule has 0 aliphatic carbocycles. The van der Waals surface area contributed by atoms with Crippen LogP contribution in [0, 0.1) is 0 Å². The number of aromatic amines is 1. The number of aromatic nitrogens is 1. The molecule has 5 heteroatoms. The molecule has 1 aliphatic heterocycles. The number of para-hydroxylation sites is 1. The normalized spacial score (nSPS) is 12.6. The first-order valence-corrected chi connectivity index (χ1v) is 9.20. The number of aryl methyl sites for hydroxylation is 1. The molecule has 0 bridgehead atoms. The third-order valence-corrected chi connectivity index (χ3v) is 4.88. The molecule has 5 nitrogen and oxygen atoms in total. The van der Waals surface area contributed by atoms with Gasteiger partial charge in [-0.05, 0) is 48.2 Å². The molecule has 0 fully saturated rings. The molecule has 1 aromatic heterocycles. The second-order valence-electron chi connectivity index (χ2n) is 6.72. The SMILES string of the molecule is O=C(CCCc1c[nH]c2ccccc12)OCC(=O)c1ccc2c(c1)CCO2. The number of ketones is 1. The van der Waals surface area contributed by atoms with Crippen molar-refractivity contribution in [2.45, 2.75) is 25.7 Å². The highest BCUT2D eigenvalue weighted by molar-refractivity contribution is 5.98. The van der Waals surface area contributed by atoms with E-state index in [1.807, 2.05) is 30.5 Å². The summed E-state index contributed by atoms with van der Waals surface area (Å²) in [5.74, 6) is 0.309. The molecule has 138 valence electrons. The highest BCUT2D eigenvalue weighted by Gasteiger charge is 2.16. The van der Waals surface area contributed by atoms with Crippen molar-refractivity contribution < 1.29 is 19.1 Å². The standard InChI is InChI=1S/C22H21NO4/c24-20(15-8-9-21-16(12-15)10-11-26-21)14-27-22(25)7-3-4-17-13-23-19-6-2-1-5-18(17)19/h1-2,5-6,8-9,12-13,23H,3-4,7,10-11,14H2. The molecule has 3 aromatic rings. The number of carbonyl (C=O) groups excluding carboxylic acids is 2. The summed E-state index contributed by atoms with van der Waals surface area (Å²) in [4.78, 5) is 27.4. The van der Waals surface area contributed by atoms with Gasteiger partial charge in [0.2, 0.25) is 0 Å². The number of esters is 1. The van der Waals surface area contributed by atoms with Gasteiger partial charge in [-0.1, -0.05) is 18.2 Å². The van der Waals surface area contributed by atoms with Crippen LogP contribution in [0.25, 0.3) is 10.9 Å². The molecule has 0 atom stereocenters. The lowest BCUT2D eigenvalue weighted by Crippen LogP contribution is -2.14. The van der Waals surface area contributed by atoms with Gasteiger partial charge in [-0.2, -0.15) is 0 Å². The van der Waals surface area contributed by atoms with Crippen LogP contribution in [0.15, 0.2) is 48.7 Å². The maximum absolute atomic E-state index is 12.2. The second-order valence-corrected chi connectivity index (χ2v) is 6.72. The van der Waals surface area contributed by atoms with Gasteiger partial charge in [0.25, 0.3) is 0 Å². The van der Waals surface area contributed by atoms with Gasteiger partial charge in [-0.3, -0.25) is 9.59 Å². The number of ether oxygens (including phenoxy) is 2. The Hall–Kier alpha value is -3.08. The van der Waals surface area contributed by atoms with Crippen LogP contribution in [-0.4, -0.2) is 30.0 Å². The fourth-order valence-electron chi connectivity index (χ4n) is 3.42. The van der Waals surface area contributed by atoms with E-state index in [4.69, 9.17) is 9.47 Å². The Morgan fingerprint density at radius 1 is 1.15 bits per heavy atom. The molecule has 0 saturated heterocycles. The summed E-state index contributed by atoms with van der Waals surface area (Å²) in [7, 11) is 0. The van der Waals surface area contributed by atoms with Gasteiger partial charge >= 0.3 is 5.97 Å². The van der Waals surface area contributed by atoms with Crippen LogP contribution in [-0.2, 0) is 22.4 Å². The maximum Gasteiger partial charge on any atom is 0.306 e. The Morgan fingerprint density at radius 3 is 2.96 bits per heavy atom. The monoisotopic (exact) mass is 363 g/mol. The van der Waals surface area contributed by atoms with Crippen molar-refractivity contribution in [3.8, 4) is 5.75 Å². The van der Waals surface area contributed by atoms with E-state index < -0.39 is 0 Å². The molecule has 2 aromatic carbocycles. The third kappa shape index (κ3) is 3.87. The van der Waals surface area contributed by atoms with Crippen molar-refractivity contribution in [1.82, 2.24) is 4.98 Å². The summed E-state index contributed by atoms with van der Waals surface area (Å²) in [6, 6.07) is 13.4. The van der Waals surface area contributed by atoms with Crippen molar-refractivity contribution in [3.05, 3.63) is 65.4 Å². The predicted molar refractivity (Wildman–Crippen MR) is 102 cm³/mol. The first-order chi connectivity index (χ1) is 13.2. The van der Waals surface area contributed by atoms with Crippen LogP contribution >= 0.6 is 0 Å². The van der Waals surface area contributed by atoms with Crippen LogP contribution in [0.2, 0.25) is 0 Å².